The standard InChI is InChI=1S/C14H18N4O3S/c15-14-16-10-18(17-14)12-3-5-13(6-4-12)21-8-11-2-1-7-22(19,20)9-11/h3-6,10-11H,1-2,7-9H2,(H2,15,17). The summed E-state index contributed by atoms with van der Waals surface area (Å²) in [5.41, 5.74) is 6.31. The molecule has 8 heteroatoms. The maximum atomic E-state index is 11.6. The molecule has 1 aliphatic rings. The van der Waals surface area contributed by atoms with Crippen LogP contribution in [0, 0.1) is 5.92 Å². The smallest absolute Gasteiger partial charge is 0.239 e. The number of rotatable bonds is 4. The molecule has 2 heterocycles. The molecule has 2 N–H and O–H groups in total. The number of benzene rings is 1. The molecule has 1 aromatic heterocycles. The summed E-state index contributed by atoms with van der Waals surface area (Å²) in [7, 11) is -2.89. The number of sulfone groups is 1. The Balaban J connectivity index is 1.59. The van der Waals surface area contributed by atoms with Gasteiger partial charge in [-0.1, -0.05) is 0 Å². The molecule has 0 bridgehead atoms. The Kier molecular flexibility index (Phi) is 4.02. The van der Waals surface area contributed by atoms with Gasteiger partial charge in [-0.3, -0.25) is 0 Å². The second kappa shape index (κ2) is 5.96. The molecule has 7 nitrogen and oxygen atoms in total. The molecule has 118 valence electrons. The average Bonchev–Trinajstić information content (AvgIpc) is 2.91. The van der Waals surface area contributed by atoms with Gasteiger partial charge in [0.25, 0.3) is 0 Å². The number of aromatic nitrogens is 3. The predicted molar refractivity (Wildman–Crippen MR) is 82.6 cm³/mol. The molecule has 1 fully saturated rings. The van der Waals surface area contributed by atoms with E-state index in [0.29, 0.717) is 18.1 Å². The Bertz CT molecular complexity index is 740. The maximum Gasteiger partial charge on any atom is 0.239 e. The Morgan fingerprint density at radius 3 is 2.73 bits per heavy atom. The second-order valence-electron chi connectivity index (χ2n) is 5.47. The van der Waals surface area contributed by atoms with E-state index in [9.17, 15) is 8.42 Å². The number of ether oxygens (including phenoxy) is 1. The Hall–Kier alpha value is -2.09. The van der Waals surface area contributed by atoms with Crippen LogP contribution in [-0.2, 0) is 9.84 Å². The van der Waals surface area contributed by atoms with Crippen molar-refractivity contribution >= 4 is 15.8 Å². The minimum absolute atomic E-state index is 0.0774. The molecule has 2 aromatic rings. The van der Waals surface area contributed by atoms with Gasteiger partial charge in [0.1, 0.15) is 12.1 Å². The summed E-state index contributed by atoms with van der Waals surface area (Å²) in [4.78, 5) is 3.87. The molecule has 0 aliphatic carbocycles. The van der Waals surface area contributed by atoms with Crippen molar-refractivity contribution in [2.75, 3.05) is 23.8 Å². The zero-order valence-electron chi connectivity index (χ0n) is 12.1. The van der Waals surface area contributed by atoms with Crippen molar-refractivity contribution in [2.24, 2.45) is 5.92 Å². The SMILES string of the molecule is Nc1ncn(-c2ccc(OCC3CCCS(=O)(=O)C3)cc2)n1. The molecule has 22 heavy (non-hydrogen) atoms. The van der Waals surface area contributed by atoms with Gasteiger partial charge in [-0.25, -0.2) is 18.1 Å². The molecule has 0 saturated carbocycles. The van der Waals surface area contributed by atoms with Crippen LogP contribution >= 0.6 is 0 Å². The minimum Gasteiger partial charge on any atom is -0.493 e. The number of anilines is 1. The van der Waals surface area contributed by atoms with E-state index in [4.69, 9.17) is 10.5 Å². The number of nitrogens with two attached hydrogens (primary N) is 1. The predicted octanol–water partition coefficient (Wildman–Crippen LogP) is 1.05. The third-order valence-corrected chi connectivity index (χ3v) is 5.54. The van der Waals surface area contributed by atoms with Crippen LogP contribution in [-0.4, -0.2) is 41.3 Å². The van der Waals surface area contributed by atoms with Crippen molar-refractivity contribution in [3.63, 3.8) is 0 Å². The lowest BCUT2D eigenvalue weighted by atomic mass is 10.1. The fourth-order valence-corrected chi connectivity index (χ4v) is 4.31. The molecule has 1 aromatic carbocycles. The van der Waals surface area contributed by atoms with Crippen molar-refractivity contribution in [3.05, 3.63) is 30.6 Å². The van der Waals surface area contributed by atoms with Gasteiger partial charge in [0.15, 0.2) is 9.84 Å². The first-order valence-corrected chi connectivity index (χ1v) is 8.95. The van der Waals surface area contributed by atoms with E-state index in [1.165, 1.54) is 6.33 Å². The highest BCUT2D eigenvalue weighted by atomic mass is 32.2. The first-order chi connectivity index (χ1) is 10.5. The van der Waals surface area contributed by atoms with Crippen molar-refractivity contribution in [1.82, 2.24) is 14.8 Å². The molecule has 3 rings (SSSR count). The maximum absolute atomic E-state index is 11.6. The van der Waals surface area contributed by atoms with Crippen molar-refractivity contribution < 1.29 is 13.2 Å². The number of hydrogen-bond acceptors (Lipinski definition) is 6. The molecular formula is C14H18N4O3S. The van der Waals surface area contributed by atoms with Gasteiger partial charge in [-0.15, -0.1) is 5.10 Å². The summed E-state index contributed by atoms with van der Waals surface area (Å²) in [5.74, 6) is 1.54. The molecule has 1 atom stereocenters. The first kappa shape index (κ1) is 14.8. The third kappa shape index (κ3) is 3.56. The van der Waals surface area contributed by atoms with Crippen molar-refractivity contribution in [2.45, 2.75) is 12.8 Å². The van der Waals surface area contributed by atoms with Crippen LogP contribution in [0.5, 0.6) is 5.75 Å². The molecule has 0 amide bonds. The van der Waals surface area contributed by atoms with Gasteiger partial charge in [-0.2, -0.15) is 0 Å². The Labute approximate surface area is 129 Å². The largest absolute Gasteiger partial charge is 0.493 e. The van der Waals surface area contributed by atoms with Crippen LogP contribution in [0.1, 0.15) is 12.8 Å². The second-order valence-corrected chi connectivity index (χ2v) is 7.70. The van der Waals surface area contributed by atoms with Crippen LogP contribution in [0.4, 0.5) is 5.95 Å². The number of nitrogens with zero attached hydrogens (tertiary/aromatic N) is 3. The van der Waals surface area contributed by atoms with E-state index >= 15 is 0 Å². The summed E-state index contributed by atoms with van der Waals surface area (Å²) in [6, 6.07) is 7.34. The highest BCUT2D eigenvalue weighted by molar-refractivity contribution is 7.91. The van der Waals surface area contributed by atoms with Gasteiger partial charge in [0.2, 0.25) is 5.95 Å². The van der Waals surface area contributed by atoms with E-state index in [-0.39, 0.29) is 17.6 Å². The lowest BCUT2D eigenvalue weighted by Crippen LogP contribution is -2.29. The van der Waals surface area contributed by atoms with Crippen LogP contribution in [0.3, 0.4) is 0 Å². The van der Waals surface area contributed by atoms with E-state index < -0.39 is 9.84 Å². The Morgan fingerprint density at radius 2 is 2.09 bits per heavy atom. The summed E-state index contributed by atoms with van der Waals surface area (Å²) in [5, 5.41) is 4.02. The molecule has 0 spiro atoms. The summed E-state index contributed by atoms with van der Waals surface area (Å²) in [6.07, 6.45) is 3.16. The van der Waals surface area contributed by atoms with E-state index in [1.807, 2.05) is 24.3 Å². The van der Waals surface area contributed by atoms with Gasteiger partial charge in [-0.05, 0) is 37.1 Å². The van der Waals surface area contributed by atoms with Gasteiger partial charge >= 0.3 is 0 Å². The van der Waals surface area contributed by atoms with Crippen LogP contribution in [0.2, 0.25) is 0 Å². The zero-order valence-corrected chi connectivity index (χ0v) is 12.9. The average molecular weight is 322 g/mol. The Morgan fingerprint density at radius 1 is 1.32 bits per heavy atom. The minimum atomic E-state index is -2.89. The topological polar surface area (TPSA) is 100 Å². The molecule has 0 radical (unpaired) electrons. The monoisotopic (exact) mass is 322 g/mol. The van der Waals surface area contributed by atoms with Crippen LogP contribution in [0.15, 0.2) is 30.6 Å². The highest BCUT2D eigenvalue weighted by Crippen LogP contribution is 2.21. The third-order valence-electron chi connectivity index (χ3n) is 3.65. The molecule has 1 saturated heterocycles. The van der Waals surface area contributed by atoms with Crippen molar-refractivity contribution in [3.8, 4) is 11.4 Å². The van der Waals surface area contributed by atoms with E-state index in [1.54, 1.807) is 4.68 Å². The molecule has 1 unspecified atom stereocenters. The highest BCUT2D eigenvalue weighted by Gasteiger charge is 2.25. The fourth-order valence-electron chi connectivity index (χ4n) is 2.56. The normalized spacial score (nSPS) is 20.6. The van der Waals surface area contributed by atoms with Crippen molar-refractivity contribution in [1.29, 1.82) is 0 Å². The van der Waals surface area contributed by atoms with Crippen LogP contribution < -0.4 is 10.5 Å². The van der Waals surface area contributed by atoms with Gasteiger partial charge < -0.3 is 10.5 Å². The quantitative estimate of drug-likeness (QED) is 0.903. The number of nitrogen functional groups attached to an aromatic ring is 1. The lowest BCUT2D eigenvalue weighted by Gasteiger charge is -2.22. The van der Waals surface area contributed by atoms with Gasteiger partial charge in [0.05, 0.1) is 23.8 Å². The first-order valence-electron chi connectivity index (χ1n) is 7.13. The lowest BCUT2D eigenvalue weighted by molar-refractivity contribution is 0.249. The van der Waals surface area contributed by atoms with Crippen LogP contribution in [0.25, 0.3) is 5.69 Å². The van der Waals surface area contributed by atoms with E-state index in [0.717, 1.165) is 18.5 Å². The summed E-state index contributed by atoms with van der Waals surface area (Å²) in [6.45, 7) is 0.425. The van der Waals surface area contributed by atoms with E-state index in [2.05, 4.69) is 10.1 Å². The summed E-state index contributed by atoms with van der Waals surface area (Å²) < 4.78 is 30.5. The number of hydrogen-bond donors (Lipinski definition) is 1. The zero-order chi connectivity index (χ0) is 15.6. The fraction of sp³-hybridized carbons (Fsp3) is 0.429. The van der Waals surface area contributed by atoms with Gasteiger partial charge in [0, 0.05) is 5.92 Å². The molecule has 1 aliphatic heterocycles. The summed E-state index contributed by atoms with van der Waals surface area (Å²) >= 11 is 0. The molecular weight excluding hydrogens is 304 g/mol.